The number of hydrogen-bond acceptors (Lipinski definition) is 3. The van der Waals surface area contributed by atoms with Crippen molar-refractivity contribution in [1.29, 1.82) is 5.41 Å². The van der Waals surface area contributed by atoms with Crippen LogP contribution in [0.15, 0.2) is 0 Å². The molecule has 0 bridgehead atoms. The molecule has 1 aliphatic heterocycles. The van der Waals surface area contributed by atoms with E-state index in [1.807, 2.05) is 6.92 Å². The maximum absolute atomic E-state index is 7.41. The summed E-state index contributed by atoms with van der Waals surface area (Å²) in [5.74, 6) is 0.452. The number of hydrogen-bond donors (Lipinski definition) is 2. The summed E-state index contributed by atoms with van der Waals surface area (Å²) in [6.07, 6.45) is 2.22. The van der Waals surface area contributed by atoms with E-state index < -0.39 is 0 Å². The molecule has 1 atom stereocenters. The van der Waals surface area contributed by atoms with Gasteiger partial charge >= 0.3 is 0 Å². The highest BCUT2D eigenvalue weighted by Crippen LogP contribution is 2.15. The summed E-state index contributed by atoms with van der Waals surface area (Å²) in [6, 6.07) is 0.616. The number of ether oxygens (including phenoxy) is 1. The Morgan fingerprint density at radius 1 is 1.53 bits per heavy atom. The van der Waals surface area contributed by atoms with E-state index in [-0.39, 0.29) is 5.92 Å². The molecule has 0 aromatic heterocycles. The van der Waals surface area contributed by atoms with Gasteiger partial charge in [-0.05, 0) is 19.4 Å². The maximum atomic E-state index is 7.41. The van der Waals surface area contributed by atoms with Crippen molar-refractivity contribution in [3.05, 3.63) is 0 Å². The minimum absolute atomic E-state index is 0.160. The largest absolute Gasteiger partial charge is 0.387 e. The minimum Gasteiger partial charge on any atom is -0.387 e. The van der Waals surface area contributed by atoms with Gasteiger partial charge in [-0.3, -0.25) is 10.3 Å². The molecule has 0 amide bonds. The predicted octanol–water partition coefficient (Wildman–Crippen LogP) is 1.06. The normalized spacial score (nSPS) is 20.5. The van der Waals surface area contributed by atoms with Crippen LogP contribution in [0, 0.1) is 11.3 Å². The molecule has 15 heavy (non-hydrogen) atoms. The molecule has 0 radical (unpaired) electrons. The Bertz CT molecular complexity index is 202. The number of nitrogens with two attached hydrogens (primary N) is 1. The smallest absolute Gasteiger partial charge is 0.0947 e. The van der Waals surface area contributed by atoms with E-state index in [9.17, 15) is 0 Å². The molecule has 0 aromatic carbocycles. The van der Waals surface area contributed by atoms with Crippen molar-refractivity contribution >= 4 is 5.84 Å². The minimum atomic E-state index is 0.160. The van der Waals surface area contributed by atoms with E-state index in [4.69, 9.17) is 15.9 Å². The van der Waals surface area contributed by atoms with Crippen LogP contribution in [0.3, 0.4) is 0 Å². The first-order valence-electron chi connectivity index (χ1n) is 5.80. The number of rotatable bonds is 5. The number of nitrogens with one attached hydrogen (secondary N) is 1. The lowest BCUT2D eigenvalue weighted by molar-refractivity contribution is 0.0337. The van der Waals surface area contributed by atoms with Gasteiger partial charge in [0.25, 0.3) is 0 Å². The molecular formula is C11H23N3O. The van der Waals surface area contributed by atoms with Crippen LogP contribution in [0.5, 0.6) is 0 Å². The maximum Gasteiger partial charge on any atom is 0.0947 e. The first-order valence-corrected chi connectivity index (χ1v) is 5.80. The zero-order valence-electron chi connectivity index (χ0n) is 9.83. The SMILES string of the molecule is CCN(CC(C)C(=N)N)C1CCOCC1. The Kier molecular flexibility index (Phi) is 5.05. The van der Waals surface area contributed by atoms with Gasteiger partial charge in [0.2, 0.25) is 0 Å². The van der Waals surface area contributed by atoms with E-state index in [0.29, 0.717) is 11.9 Å². The van der Waals surface area contributed by atoms with Gasteiger partial charge in [-0.25, -0.2) is 0 Å². The average molecular weight is 213 g/mol. The second-order valence-electron chi connectivity index (χ2n) is 4.29. The van der Waals surface area contributed by atoms with Crippen molar-refractivity contribution in [2.24, 2.45) is 11.7 Å². The molecular weight excluding hydrogens is 190 g/mol. The standard InChI is InChI=1S/C11H23N3O/c1-3-14(8-9(2)11(12)13)10-4-6-15-7-5-10/h9-10H,3-8H2,1-2H3,(H3,12,13). The zero-order valence-corrected chi connectivity index (χ0v) is 9.83. The van der Waals surface area contributed by atoms with E-state index in [2.05, 4.69) is 11.8 Å². The molecule has 1 fully saturated rings. The monoisotopic (exact) mass is 213 g/mol. The molecule has 4 heteroatoms. The van der Waals surface area contributed by atoms with Crippen molar-refractivity contribution in [3.8, 4) is 0 Å². The Morgan fingerprint density at radius 2 is 2.13 bits per heavy atom. The van der Waals surface area contributed by atoms with Crippen molar-refractivity contribution in [2.75, 3.05) is 26.3 Å². The van der Waals surface area contributed by atoms with Crippen LogP contribution in [-0.2, 0) is 4.74 Å². The summed E-state index contributed by atoms with van der Waals surface area (Å²) in [7, 11) is 0. The van der Waals surface area contributed by atoms with Gasteiger partial charge in [-0.15, -0.1) is 0 Å². The third-order valence-corrected chi connectivity index (χ3v) is 3.15. The van der Waals surface area contributed by atoms with Crippen molar-refractivity contribution in [3.63, 3.8) is 0 Å². The fourth-order valence-corrected chi connectivity index (χ4v) is 2.04. The van der Waals surface area contributed by atoms with Crippen LogP contribution in [0.25, 0.3) is 0 Å². The number of amidine groups is 1. The molecule has 0 spiro atoms. The Hall–Kier alpha value is -0.610. The lowest BCUT2D eigenvalue weighted by atomic mass is 10.0. The highest BCUT2D eigenvalue weighted by Gasteiger charge is 2.22. The Labute approximate surface area is 92.3 Å². The van der Waals surface area contributed by atoms with Crippen LogP contribution in [0.2, 0.25) is 0 Å². The quantitative estimate of drug-likeness (QED) is 0.530. The van der Waals surface area contributed by atoms with Gasteiger partial charge in [-0.2, -0.15) is 0 Å². The molecule has 88 valence electrons. The van der Waals surface area contributed by atoms with E-state index in [1.165, 1.54) is 0 Å². The second-order valence-corrected chi connectivity index (χ2v) is 4.29. The molecule has 0 saturated carbocycles. The fourth-order valence-electron chi connectivity index (χ4n) is 2.04. The van der Waals surface area contributed by atoms with Crippen LogP contribution < -0.4 is 5.73 Å². The summed E-state index contributed by atoms with van der Waals surface area (Å²) in [4.78, 5) is 2.43. The van der Waals surface area contributed by atoms with Gasteiger partial charge in [0.05, 0.1) is 5.84 Å². The van der Waals surface area contributed by atoms with Crippen molar-refractivity contribution in [2.45, 2.75) is 32.7 Å². The van der Waals surface area contributed by atoms with Gasteiger partial charge in [0, 0.05) is 31.7 Å². The predicted molar refractivity (Wildman–Crippen MR) is 62.2 cm³/mol. The first-order chi connectivity index (χ1) is 7.15. The van der Waals surface area contributed by atoms with Gasteiger partial charge in [0.1, 0.15) is 0 Å². The van der Waals surface area contributed by atoms with Crippen LogP contribution in [-0.4, -0.2) is 43.1 Å². The molecule has 1 aliphatic rings. The zero-order chi connectivity index (χ0) is 11.3. The Balaban J connectivity index is 2.43. The highest BCUT2D eigenvalue weighted by atomic mass is 16.5. The van der Waals surface area contributed by atoms with E-state index >= 15 is 0 Å². The summed E-state index contributed by atoms with van der Waals surface area (Å²) in [5, 5.41) is 7.41. The Morgan fingerprint density at radius 3 is 2.60 bits per heavy atom. The summed E-state index contributed by atoms with van der Waals surface area (Å²) in [6.45, 7) is 7.86. The van der Waals surface area contributed by atoms with E-state index in [0.717, 1.165) is 39.1 Å². The summed E-state index contributed by atoms with van der Waals surface area (Å²) >= 11 is 0. The molecule has 1 saturated heterocycles. The van der Waals surface area contributed by atoms with Gasteiger partial charge in [0.15, 0.2) is 0 Å². The second kappa shape index (κ2) is 6.08. The molecule has 3 N–H and O–H groups in total. The molecule has 4 nitrogen and oxygen atoms in total. The van der Waals surface area contributed by atoms with E-state index in [1.54, 1.807) is 0 Å². The first kappa shape index (κ1) is 12.5. The molecule has 0 aromatic rings. The summed E-state index contributed by atoms with van der Waals surface area (Å²) in [5.41, 5.74) is 5.50. The number of nitrogens with zero attached hydrogens (tertiary/aromatic N) is 1. The molecule has 1 heterocycles. The van der Waals surface area contributed by atoms with Gasteiger partial charge in [-0.1, -0.05) is 13.8 Å². The third-order valence-electron chi connectivity index (χ3n) is 3.15. The van der Waals surface area contributed by atoms with Crippen molar-refractivity contribution in [1.82, 2.24) is 4.90 Å². The van der Waals surface area contributed by atoms with Gasteiger partial charge < -0.3 is 10.5 Å². The summed E-state index contributed by atoms with van der Waals surface area (Å²) < 4.78 is 5.35. The topological polar surface area (TPSA) is 62.3 Å². The highest BCUT2D eigenvalue weighted by molar-refractivity contribution is 5.79. The fraction of sp³-hybridized carbons (Fsp3) is 0.909. The van der Waals surface area contributed by atoms with Crippen LogP contribution >= 0.6 is 0 Å². The molecule has 1 unspecified atom stereocenters. The van der Waals surface area contributed by atoms with Crippen LogP contribution in [0.1, 0.15) is 26.7 Å². The molecule has 1 rings (SSSR count). The van der Waals surface area contributed by atoms with Crippen LogP contribution in [0.4, 0.5) is 0 Å². The lowest BCUT2D eigenvalue weighted by Gasteiger charge is -2.34. The lowest BCUT2D eigenvalue weighted by Crippen LogP contribution is -2.43. The average Bonchev–Trinajstić information content (AvgIpc) is 2.26. The van der Waals surface area contributed by atoms with Crippen molar-refractivity contribution < 1.29 is 4.74 Å². The molecule has 0 aliphatic carbocycles. The third kappa shape index (κ3) is 3.80.